The predicted octanol–water partition coefficient (Wildman–Crippen LogP) is 0.305. The van der Waals surface area contributed by atoms with Crippen LogP contribution in [0.4, 0.5) is 5.82 Å². The van der Waals surface area contributed by atoms with Crippen LogP contribution in [0.15, 0.2) is 12.5 Å². The third-order valence-corrected chi connectivity index (χ3v) is 2.37. The maximum Gasteiger partial charge on any atom is 0.243 e. The van der Waals surface area contributed by atoms with Crippen molar-refractivity contribution in [3.8, 4) is 0 Å². The van der Waals surface area contributed by atoms with Gasteiger partial charge in [-0.15, -0.1) is 0 Å². The fraction of sp³-hybridized carbons (Fsp3) is 0.556. The fourth-order valence-corrected chi connectivity index (χ4v) is 1.25. The van der Waals surface area contributed by atoms with Gasteiger partial charge in [0.2, 0.25) is 5.91 Å². The highest BCUT2D eigenvalue weighted by Gasteiger charge is 2.26. The molecule has 0 bridgehead atoms. The number of nitrogens with two attached hydrogens (primary N) is 1. The summed E-state index contributed by atoms with van der Waals surface area (Å²) in [5.41, 5.74) is 5.47. The number of rotatable bonds is 3. The SMILES string of the molecule is CC(C(=O)NC1CC1)n1cnc(N)c1. The van der Waals surface area contributed by atoms with E-state index in [0.717, 1.165) is 12.8 Å². The summed E-state index contributed by atoms with van der Waals surface area (Å²) in [4.78, 5) is 15.5. The van der Waals surface area contributed by atoms with E-state index in [1.165, 1.54) is 0 Å². The van der Waals surface area contributed by atoms with E-state index in [2.05, 4.69) is 10.3 Å². The van der Waals surface area contributed by atoms with Crippen molar-refractivity contribution in [2.45, 2.75) is 31.8 Å². The molecule has 3 N–H and O–H groups in total. The first-order valence-electron chi connectivity index (χ1n) is 4.76. The molecule has 1 heterocycles. The second-order valence-electron chi connectivity index (χ2n) is 3.70. The first-order chi connectivity index (χ1) is 6.66. The van der Waals surface area contributed by atoms with Gasteiger partial charge in [-0.05, 0) is 19.8 Å². The van der Waals surface area contributed by atoms with Crippen molar-refractivity contribution in [2.24, 2.45) is 0 Å². The molecule has 5 heteroatoms. The zero-order chi connectivity index (χ0) is 10.1. The summed E-state index contributed by atoms with van der Waals surface area (Å²) < 4.78 is 1.72. The van der Waals surface area contributed by atoms with Crippen molar-refractivity contribution in [1.29, 1.82) is 0 Å². The third-order valence-electron chi connectivity index (χ3n) is 2.37. The average Bonchev–Trinajstić information content (AvgIpc) is 2.85. The van der Waals surface area contributed by atoms with Crippen molar-refractivity contribution in [3.05, 3.63) is 12.5 Å². The quantitative estimate of drug-likeness (QED) is 0.727. The molecule has 0 aromatic carbocycles. The van der Waals surface area contributed by atoms with Gasteiger partial charge in [-0.2, -0.15) is 0 Å². The van der Waals surface area contributed by atoms with Gasteiger partial charge in [0.05, 0.1) is 6.33 Å². The Morgan fingerprint density at radius 1 is 1.79 bits per heavy atom. The average molecular weight is 194 g/mol. The minimum absolute atomic E-state index is 0.0323. The Morgan fingerprint density at radius 2 is 2.50 bits per heavy atom. The molecule has 14 heavy (non-hydrogen) atoms. The zero-order valence-electron chi connectivity index (χ0n) is 8.10. The molecular formula is C9H14N4O. The number of carbonyl (C=O) groups is 1. The molecule has 0 spiro atoms. The van der Waals surface area contributed by atoms with Gasteiger partial charge in [0.1, 0.15) is 11.9 Å². The summed E-state index contributed by atoms with van der Waals surface area (Å²) in [5, 5.41) is 2.93. The summed E-state index contributed by atoms with van der Waals surface area (Å²) in [5.74, 6) is 0.473. The highest BCUT2D eigenvalue weighted by atomic mass is 16.2. The number of hydrogen-bond acceptors (Lipinski definition) is 3. The summed E-state index contributed by atoms with van der Waals surface area (Å²) in [6.07, 6.45) is 5.44. The van der Waals surface area contributed by atoms with E-state index >= 15 is 0 Å². The lowest BCUT2D eigenvalue weighted by Gasteiger charge is -2.12. The van der Waals surface area contributed by atoms with Crippen LogP contribution in [0, 0.1) is 0 Å². The third kappa shape index (κ3) is 1.86. The molecule has 0 saturated heterocycles. The van der Waals surface area contributed by atoms with E-state index in [0.29, 0.717) is 11.9 Å². The van der Waals surface area contributed by atoms with E-state index in [1.54, 1.807) is 17.1 Å². The normalized spacial score (nSPS) is 17.8. The number of carbonyl (C=O) groups excluding carboxylic acids is 1. The molecule has 0 aliphatic heterocycles. The van der Waals surface area contributed by atoms with Crippen LogP contribution in [0.2, 0.25) is 0 Å². The van der Waals surface area contributed by atoms with Crippen molar-refractivity contribution in [2.75, 3.05) is 5.73 Å². The smallest absolute Gasteiger partial charge is 0.243 e. The van der Waals surface area contributed by atoms with Crippen molar-refractivity contribution >= 4 is 11.7 Å². The van der Waals surface area contributed by atoms with E-state index < -0.39 is 0 Å². The van der Waals surface area contributed by atoms with Gasteiger partial charge in [0.15, 0.2) is 0 Å². The Hall–Kier alpha value is -1.52. The first-order valence-corrected chi connectivity index (χ1v) is 4.76. The maximum absolute atomic E-state index is 11.6. The van der Waals surface area contributed by atoms with Gasteiger partial charge in [0.25, 0.3) is 0 Å². The monoisotopic (exact) mass is 194 g/mol. The highest BCUT2D eigenvalue weighted by molar-refractivity contribution is 5.80. The number of nitrogens with one attached hydrogen (secondary N) is 1. The first kappa shape index (κ1) is 9.05. The molecule has 1 aromatic heterocycles. The van der Waals surface area contributed by atoms with E-state index in [1.807, 2.05) is 6.92 Å². The molecule has 1 aliphatic rings. The second-order valence-corrected chi connectivity index (χ2v) is 3.70. The van der Waals surface area contributed by atoms with Crippen LogP contribution in [0.3, 0.4) is 0 Å². The van der Waals surface area contributed by atoms with Gasteiger partial charge in [-0.25, -0.2) is 4.98 Å². The molecule has 0 radical (unpaired) electrons. The van der Waals surface area contributed by atoms with Gasteiger partial charge >= 0.3 is 0 Å². The van der Waals surface area contributed by atoms with Crippen LogP contribution in [0.5, 0.6) is 0 Å². The molecule has 1 saturated carbocycles. The largest absolute Gasteiger partial charge is 0.382 e. The Balaban J connectivity index is 1.99. The molecule has 1 aromatic rings. The molecule has 1 aliphatic carbocycles. The molecule has 2 rings (SSSR count). The van der Waals surface area contributed by atoms with Crippen LogP contribution in [0.25, 0.3) is 0 Å². The molecular weight excluding hydrogens is 180 g/mol. The van der Waals surface area contributed by atoms with Crippen molar-refractivity contribution in [1.82, 2.24) is 14.9 Å². The number of nitrogens with zero attached hydrogens (tertiary/aromatic N) is 2. The summed E-state index contributed by atoms with van der Waals surface area (Å²) in [6.45, 7) is 1.83. The van der Waals surface area contributed by atoms with Gasteiger partial charge in [-0.1, -0.05) is 0 Å². The molecule has 1 atom stereocenters. The summed E-state index contributed by atoms with van der Waals surface area (Å²) in [6, 6.07) is 0.159. The minimum atomic E-state index is -0.236. The predicted molar refractivity (Wildman–Crippen MR) is 52.5 cm³/mol. The minimum Gasteiger partial charge on any atom is -0.382 e. The molecule has 76 valence electrons. The topological polar surface area (TPSA) is 72.9 Å². The molecule has 1 fully saturated rings. The number of hydrogen-bond donors (Lipinski definition) is 2. The lowest BCUT2D eigenvalue weighted by Crippen LogP contribution is -2.32. The lowest BCUT2D eigenvalue weighted by molar-refractivity contribution is -0.124. The summed E-state index contributed by atoms with van der Waals surface area (Å²) in [7, 11) is 0. The maximum atomic E-state index is 11.6. The standard InChI is InChI=1S/C9H14N4O/c1-6(9(14)12-7-2-3-7)13-4-8(10)11-5-13/h4-7H,2-3,10H2,1H3,(H,12,14). The number of amides is 1. The number of anilines is 1. The van der Waals surface area contributed by atoms with Gasteiger partial charge < -0.3 is 15.6 Å². The second kappa shape index (κ2) is 3.32. The lowest BCUT2D eigenvalue weighted by atomic mass is 10.3. The van der Waals surface area contributed by atoms with Gasteiger partial charge in [0, 0.05) is 12.2 Å². The van der Waals surface area contributed by atoms with Crippen molar-refractivity contribution < 1.29 is 4.79 Å². The Kier molecular flexibility index (Phi) is 2.15. The molecule has 1 amide bonds. The Bertz CT molecular complexity index is 342. The van der Waals surface area contributed by atoms with E-state index in [9.17, 15) is 4.79 Å². The highest BCUT2D eigenvalue weighted by Crippen LogP contribution is 2.20. The van der Waals surface area contributed by atoms with Crippen LogP contribution in [0.1, 0.15) is 25.8 Å². The Labute approximate surface area is 82.3 Å². The zero-order valence-corrected chi connectivity index (χ0v) is 8.10. The summed E-state index contributed by atoms with van der Waals surface area (Å²) >= 11 is 0. The van der Waals surface area contributed by atoms with Crippen LogP contribution in [-0.4, -0.2) is 21.5 Å². The number of imidazole rings is 1. The van der Waals surface area contributed by atoms with Crippen LogP contribution < -0.4 is 11.1 Å². The Morgan fingerprint density at radius 3 is 3.00 bits per heavy atom. The number of nitrogen functional groups attached to an aromatic ring is 1. The van der Waals surface area contributed by atoms with E-state index in [-0.39, 0.29) is 11.9 Å². The number of aromatic nitrogens is 2. The van der Waals surface area contributed by atoms with E-state index in [4.69, 9.17) is 5.73 Å². The molecule has 5 nitrogen and oxygen atoms in total. The fourth-order valence-electron chi connectivity index (χ4n) is 1.25. The van der Waals surface area contributed by atoms with Crippen LogP contribution >= 0.6 is 0 Å². The van der Waals surface area contributed by atoms with Gasteiger partial charge in [-0.3, -0.25) is 4.79 Å². The molecule has 1 unspecified atom stereocenters. The van der Waals surface area contributed by atoms with Crippen LogP contribution in [-0.2, 0) is 4.79 Å². The van der Waals surface area contributed by atoms with Crippen molar-refractivity contribution in [3.63, 3.8) is 0 Å².